The zero-order valence-electron chi connectivity index (χ0n) is 21.1. The molecule has 6 heteroatoms. The van der Waals surface area contributed by atoms with E-state index in [-0.39, 0.29) is 17.9 Å². The molecule has 0 bridgehead atoms. The van der Waals surface area contributed by atoms with Gasteiger partial charge in [0.25, 0.3) is 5.91 Å². The van der Waals surface area contributed by atoms with Crippen molar-refractivity contribution in [2.45, 2.75) is 19.3 Å². The van der Waals surface area contributed by atoms with Crippen molar-refractivity contribution in [2.75, 3.05) is 19.0 Å². The van der Waals surface area contributed by atoms with Crippen LogP contribution in [-0.4, -0.2) is 25.6 Å². The summed E-state index contributed by atoms with van der Waals surface area (Å²) in [7, 11) is 1.58. The molecule has 0 aliphatic heterocycles. The minimum absolute atomic E-state index is 0.156. The Hall–Kier alpha value is -4.58. The quantitative estimate of drug-likeness (QED) is 0.219. The maximum absolute atomic E-state index is 12.5. The number of amides is 1. The summed E-state index contributed by atoms with van der Waals surface area (Å²) in [5.41, 5.74) is 3.29. The number of methoxy groups -OCH3 is 1. The Kier molecular flexibility index (Phi) is 7.89. The maximum atomic E-state index is 12.5. The fourth-order valence-electron chi connectivity index (χ4n) is 3.84. The smallest absolute Gasteiger partial charge is 0.349 e. The highest BCUT2D eigenvalue weighted by Crippen LogP contribution is 2.32. The van der Waals surface area contributed by atoms with Crippen molar-refractivity contribution < 1.29 is 23.8 Å². The van der Waals surface area contributed by atoms with Gasteiger partial charge < -0.3 is 19.5 Å². The molecule has 0 atom stereocenters. The van der Waals surface area contributed by atoms with Crippen LogP contribution in [-0.2, 0) is 10.2 Å². The van der Waals surface area contributed by atoms with Gasteiger partial charge in [0, 0.05) is 16.7 Å². The Morgan fingerprint density at radius 1 is 0.703 bits per heavy atom. The number of nitrogens with one attached hydrogen (secondary N) is 1. The van der Waals surface area contributed by atoms with Gasteiger partial charge in [-0.05, 0) is 71.8 Å². The molecule has 0 aliphatic rings. The summed E-state index contributed by atoms with van der Waals surface area (Å²) in [6.45, 7) is 4.11. The number of carbonyl (C=O) groups is 2. The largest absolute Gasteiger partial charge is 0.497 e. The molecular weight excluding hydrogens is 466 g/mol. The lowest BCUT2D eigenvalue weighted by Gasteiger charge is -2.26. The number of anilines is 1. The number of hydrogen-bond donors (Lipinski definition) is 1. The van der Waals surface area contributed by atoms with Crippen LogP contribution in [0.15, 0.2) is 103 Å². The Balaban J connectivity index is 1.27. The summed E-state index contributed by atoms with van der Waals surface area (Å²) >= 11 is 0. The van der Waals surface area contributed by atoms with Gasteiger partial charge in [0.05, 0.1) is 7.11 Å². The van der Waals surface area contributed by atoms with E-state index in [2.05, 4.69) is 31.3 Å². The predicted octanol–water partition coefficient (Wildman–Crippen LogP) is 6.26. The Morgan fingerprint density at radius 2 is 1.27 bits per heavy atom. The van der Waals surface area contributed by atoms with Gasteiger partial charge in [-0.3, -0.25) is 4.79 Å². The molecule has 0 aromatic heterocycles. The second kappa shape index (κ2) is 11.4. The van der Waals surface area contributed by atoms with E-state index in [1.54, 1.807) is 55.6 Å². The molecule has 0 aliphatic carbocycles. The highest BCUT2D eigenvalue weighted by Gasteiger charge is 2.22. The van der Waals surface area contributed by atoms with E-state index in [1.165, 1.54) is 5.56 Å². The lowest BCUT2D eigenvalue weighted by molar-refractivity contribution is -0.136. The molecule has 37 heavy (non-hydrogen) atoms. The van der Waals surface area contributed by atoms with Crippen LogP contribution >= 0.6 is 0 Å². The van der Waals surface area contributed by atoms with Crippen LogP contribution in [0.1, 0.15) is 35.3 Å². The number of rotatable bonds is 9. The van der Waals surface area contributed by atoms with Crippen LogP contribution < -0.4 is 19.5 Å². The topological polar surface area (TPSA) is 73.9 Å². The molecule has 0 fully saturated rings. The highest BCUT2D eigenvalue weighted by molar-refractivity contribution is 6.04. The van der Waals surface area contributed by atoms with Gasteiger partial charge >= 0.3 is 5.97 Å². The first-order chi connectivity index (χ1) is 17.8. The van der Waals surface area contributed by atoms with Gasteiger partial charge in [-0.1, -0.05) is 56.3 Å². The van der Waals surface area contributed by atoms with Gasteiger partial charge in [-0.2, -0.15) is 0 Å². The molecule has 0 heterocycles. The van der Waals surface area contributed by atoms with Gasteiger partial charge in [-0.25, -0.2) is 4.79 Å². The summed E-state index contributed by atoms with van der Waals surface area (Å²) in [5, 5.41) is 2.81. The first-order valence-corrected chi connectivity index (χ1v) is 11.9. The van der Waals surface area contributed by atoms with Crippen molar-refractivity contribution in [2.24, 2.45) is 0 Å². The van der Waals surface area contributed by atoms with Gasteiger partial charge in [0.15, 0.2) is 6.61 Å². The maximum Gasteiger partial charge on any atom is 0.349 e. The average molecular weight is 496 g/mol. The summed E-state index contributed by atoms with van der Waals surface area (Å²) in [6, 6.07) is 31.4. The molecule has 4 aromatic rings. The molecule has 0 saturated heterocycles. The zero-order chi connectivity index (χ0) is 26.3. The first kappa shape index (κ1) is 25.5. The van der Waals surface area contributed by atoms with Crippen molar-refractivity contribution in [1.82, 2.24) is 0 Å². The summed E-state index contributed by atoms with van der Waals surface area (Å²) in [6.07, 6.45) is 0. The zero-order valence-corrected chi connectivity index (χ0v) is 21.1. The van der Waals surface area contributed by atoms with Gasteiger partial charge in [0.1, 0.15) is 17.2 Å². The lowest BCUT2D eigenvalue weighted by Crippen LogP contribution is -2.19. The third-order valence-corrected chi connectivity index (χ3v) is 6.12. The monoisotopic (exact) mass is 495 g/mol. The third kappa shape index (κ3) is 6.55. The molecule has 188 valence electrons. The normalized spacial score (nSPS) is 10.9. The van der Waals surface area contributed by atoms with Crippen LogP contribution in [0.5, 0.6) is 17.2 Å². The van der Waals surface area contributed by atoms with Crippen molar-refractivity contribution >= 4 is 17.6 Å². The van der Waals surface area contributed by atoms with E-state index in [9.17, 15) is 9.59 Å². The Bertz CT molecular complexity index is 1330. The number of carbonyl (C=O) groups excluding carboxylic acids is 2. The van der Waals surface area contributed by atoms with Crippen molar-refractivity contribution in [3.63, 3.8) is 0 Å². The summed E-state index contributed by atoms with van der Waals surface area (Å²) in [4.78, 5) is 24.7. The molecule has 6 nitrogen and oxygen atoms in total. The van der Waals surface area contributed by atoms with Gasteiger partial charge in [0.2, 0.25) is 0 Å². The third-order valence-electron chi connectivity index (χ3n) is 6.12. The molecule has 1 amide bonds. The lowest BCUT2D eigenvalue weighted by atomic mass is 9.78. The van der Waals surface area contributed by atoms with E-state index >= 15 is 0 Å². The van der Waals surface area contributed by atoms with E-state index in [0.29, 0.717) is 28.5 Å². The number of ether oxygens (including phenoxy) is 3. The SMILES string of the molecule is COc1ccc(NC(=O)c2ccc(OC(=O)COc3ccc(C(C)(C)c4ccccc4)cc3)cc2)cc1. The fourth-order valence-corrected chi connectivity index (χ4v) is 3.84. The van der Waals surface area contributed by atoms with Crippen LogP contribution in [0.2, 0.25) is 0 Å². The van der Waals surface area contributed by atoms with Crippen LogP contribution in [0.4, 0.5) is 5.69 Å². The van der Waals surface area contributed by atoms with Crippen molar-refractivity contribution in [3.8, 4) is 17.2 Å². The second-order valence-electron chi connectivity index (χ2n) is 8.99. The second-order valence-corrected chi connectivity index (χ2v) is 8.99. The van der Waals surface area contributed by atoms with Crippen LogP contribution in [0.3, 0.4) is 0 Å². The van der Waals surface area contributed by atoms with Crippen LogP contribution in [0.25, 0.3) is 0 Å². The molecule has 0 spiro atoms. The van der Waals surface area contributed by atoms with Crippen molar-refractivity contribution in [3.05, 3.63) is 120 Å². The highest BCUT2D eigenvalue weighted by atomic mass is 16.6. The van der Waals surface area contributed by atoms with E-state index < -0.39 is 5.97 Å². The minimum atomic E-state index is -0.538. The Morgan fingerprint density at radius 3 is 1.89 bits per heavy atom. The standard InChI is InChI=1S/C31H29NO5/c1-31(2,23-7-5-4-6-8-23)24-11-17-27(18-12-24)36-21-29(33)37-28-15-9-22(10-16-28)30(34)32-25-13-19-26(35-3)20-14-25/h4-20H,21H2,1-3H3,(H,32,34). The molecular formula is C31H29NO5. The molecule has 4 aromatic carbocycles. The number of benzene rings is 4. The molecule has 0 radical (unpaired) electrons. The molecule has 0 saturated carbocycles. The minimum Gasteiger partial charge on any atom is -0.497 e. The van der Waals surface area contributed by atoms with Crippen LogP contribution in [0, 0.1) is 0 Å². The van der Waals surface area contributed by atoms with Crippen molar-refractivity contribution in [1.29, 1.82) is 0 Å². The number of esters is 1. The van der Waals surface area contributed by atoms with Gasteiger partial charge in [-0.15, -0.1) is 0 Å². The molecule has 0 unspecified atom stereocenters. The first-order valence-electron chi connectivity index (χ1n) is 11.9. The summed E-state index contributed by atoms with van der Waals surface area (Å²) < 4.78 is 16.1. The predicted molar refractivity (Wildman–Crippen MR) is 144 cm³/mol. The average Bonchev–Trinajstić information content (AvgIpc) is 2.93. The fraction of sp³-hybridized carbons (Fsp3) is 0.161. The summed E-state index contributed by atoms with van der Waals surface area (Å²) in [5.74, 6) is 0.802. The van der Waals surface area contributed by atoms with E-state index in [0.717, 1.165) is 5.56 Å². The molecule has 1 N–H and O–H groups in total. The number of hydrogen-bond acceptors (Lipinski definition) is 5. The Labute approximate surface area is 216 Å². The van der Waals surface area contributed by atoms with E-state index in [1.807, 2.05) is 42.5 Å². The molecule has 4 rings (SSSR count). The van der Waals surface area contributed by atoms with E-state index in [4.69, 9.17) is 14.2 Å².